The smallest absolute Gasteiger partial charge is 0.119 e. The highest BCUT2D eigenvalue weighted by molar-refractivity contribution is 5.39. The van der Waals surface area contributed by atoms with Gasteiger partial charge in [0.25, 0.3) is 0 Å². The molecule has 0 atom stereocenters. The van der Waals surface area contributed by atoms with E-state index in [1.54, 1.807) is 14.2 Å². The van der Waals surface area contributed by atoms with Gasteiger partial charge in [-0.25, -0.2) is 0 Å². The van der Waals surface area contributed by atoms with Crippen LogP contribution in [0.5, 0.6) is 11.5 Å². The molecule has 1 saturated heterocycles. The van der Waals surface area contributed by atoms with Crippen LogP contribution in [-0.2, 0) is 0 Å². The molecule has 0 aromatic heterocycles. The van der Waals surface area contributed by atoms with Gasteiger partial charge in [-0.2, -0.15) is 0 Å². The van der Waals surface area contributed by atoms with E-state index in [1.165, 1.54) is 24.0 Å². The fraction of sp³-hybridized carbons (Fsp3) is 0.429. The maximum atomic E-state index is 5.43. The van der Waals surface area contributed by atoms with Crippen molar-refractivity contribution in [1.29, 1.82) is 0 Å². The Kier molecular flexibility index (Phi) is 5.95. The van der Waals surface area contributed by atoms with E-state index in [0.29, 0.717) is 6.04 Å². The van der Waals surface area contributed by atoms with E-state index < -0.39 is 0 Å². The first-order valence-electron chi connectivity index (χ1n) is 8.92. The van der Waals surface area contributed by atoms with Crippen molar-refractivity contribution < 1.29 is 9.47 Å². The molecule has 25 heavy (non-hydrogen) atoms. The van der Waals surface area contributed by atoms with Gasteiger partial charge in [0.1, 0.15) is 11.5 Å². The van der Waals surface area contributed by atoms with E-state index in [1.807, 2.05) is 12.1 Å². The van der Waals surface area contributed by atoms with Gasteiger partial charge in [-0.15, -0.1) is 0 Å². The molecule has 0 unspecified atom stereocenters. The summed E-state index contributed by atoms with van der Waals surface area (Å²) in [6.45, 7) is 2.28. The van der Waals surface area contributed by atoms with Crippen molar-refractivity contribution in [3.05, 3.63) is 59.7 Å². The molecule has 4 heteroatoms. The molecular formula is C21H28N2O2. The lowest BCUT2D eigenvalue weighted by Crippen LogP contribution is -2.42. The quantitative estimate of drug-likeness (QED) is 0.873. The van der Waals surface area contributed by atoms with Crippen LogP contribution in [0.15, 0.2) is 48.5 Å². The molecule has 1 N–H and O–H groups in total. The second kappa shape index (κ2) is 8.37. The number of hydrogen-bond donors (Lipinski definition) is 1. The maximum absolute atomic E-state index is 5.43. The summed E-state index contributed by atoms with van der Waals surface area (Å²) in [5, 5.41) is 3.87. The van der Waals surface area contributed by atoms with E-state index in [2.05, 4.69) is 53.7 Å². The molecule has 0 saturated carbocycles. The highest BCUT2D eigenvalue weighted by atomic mass is 16.5. The van der Waals surface area contributed by atoms with Crippen LogP contribution in [0.3, 0.4) is 0 Å². The molecule has 0 aliphatic carbocycles. The van der Waals surface area contributed by atoms with Gasteiger partial charge in [0, 0.05) is 6.04 Å². The first-order chi connectivity index (χ1) is 12.2. The van der Waals surface area contributed by atoms with Gasteiger partial charge in [0.05, 0.1) is 20.3 Å². The van der Waals surface area contributed by atoms with Crippen molar-refractivity contribution in [2.24, 2.45) is 0 Å². The van der Waals surface area contributed by atoms with Gasteiger partial charge in [-0.05, 0) is 68.4 Å². The van der Waals surface area contributed by atoms with Crippen LogP contribution < -0.4 is 14.8 Å². The second-order valence-corrected chi connectivity index (χ2v) is 6.73. The van der Waals surface area contributed by atoms with Crippen molar-refractivity contribution in [1.82, 2.24) is 10.2 Å². The summed E-state index contributed by atoms with van der Waals surface area (Å²) in [5.41, 5.74) is 2.43. The van der Waals surface area contributed by atoms with E-state index in [0.717, 1.165) is 24.6 Å². The van der Waals surface area contributed by atoms with Crippen LogP contribution >= 0.6 is 0 Å². The fourth-order valence-corrected chi connectivity index (χ4v) is 3.44. The molecule has 0 amide bonds. The molecule has 1 aliphatic rings. The van der Waals surface area contributed by atoms with E-state index in [-0.39, 0.29) is 6.04 Å². The minimum Gasteiger partial charge on any atom is -0.497 e. The number of likely N-dealkylation sites (tertiary alicyclic amines) is 1. The molecule has 1 fully saturated rings. The van der Waals surface area contributed by atoms with E-state index in [9.17, 15) is 0 Å². The third kappa shape index (κ3) is 4.53. The van der Waals surface area contributed by atoms with Gasteiger partial charge >= 0.3 is 0 Å². The predicted molar refractivity (Wildman–Crippen MR) is 101 cm³/mol. The van der Waals surface area contributed by atoms with E-state index in [4.69, 9.17) is 9.47 Å². The summed E-state index contributed by atoms with van der Waals surface area (Å²) in [6.07, 6.45) is 2.34. The lowest BCUT2D eigenvalue weighted by atomic mass is 9.95. The van der Waals surface area contributed by atoms with Gasteiger partial charge in [-0.1, -0.05) is 24.3 Å². The first-order valence-corrected chi connectivity index (χ1v) is 8.92. The number of benzene rings is 2. The predicted octanol–water partition coefficient (Wildman–Crippen LogP) is 3.48. The van der Waals surface area contributed by atoms with Gasteiger partial charge in [0.2, 0.25) is 0 Å². The SMILES string of the molecule is COc1cccc(C(NC2CCN(C)CC2)c2cccc(OC)c2)c1. The lowest BCUT2D eigenvalue weighted by molar-refractivity contribution is 0.229. The zero-order valence-corrected chi connectivity index (χ0v) is 15.4. The second-order valence-electron chi connectivity index (χ2n) is 6.73. The Morgan fingerprint density at radius 2 is 1.44 bits per heavy atom. The van der Waals surface area contributed by atoms with Crippen molar-refractivity contribution in [3.63, 3.8) is 0 Å². The summed E-state index contributed by atoms with van der Waals surface area (Å²) in [7, 11) is 5.62. The number of rotatable bonds is 6. The zero-order valence-electron chi connectivity index (χ0n) is 15.4. The molecule has 4 nitrogen and oxygen atoms in total. The van der Waals surface area contributed by atoms with Gasteiger partial charge < -0.3 is 19.7 Å². The van der Waals surface area contributed by atoms with Gasteiger partial charge in [0.15, 0.2) is 0 Å². The third-order valence-electron chi connectivity index (χ3n) is 4.98. The fourth-order valence-electron chi connectivity index (χ4n) is 3.44. The van der Waals surface area contributed by atoms with Crippen molar-refractivity contribution in [2.75, 3.05) is 34.4 Å². The van der Waals surface area contributed by atoms with Crippen LogP contribution in [0, 0.1) is 0 Å². The number of hydrogen-bond acceptors (Lipinski definition) is 4. The largest absolute Gasteiger partial charge is 0.497 e. The Balaban J connectivity index is 1.89. The average Bonchev–Trinajstić information content (AvgIpc) is 2.67. The number of ether oxygens (including phenoxy) is 2. The summed E-state index contributed by atoms with van der Waals surface area (Å²) in [5.74, 6) is 1.77. The molecule has 3 rings (SSSR count). The molecule has 2 aromatic carbocycles. The standard InChI is InChI=1S/C21H28N2O2/c1-23-12-10-18(11-13-23)22-21(16-6-4-8-19(14-16)24-2)17-7-5-9-20(15-17)25-3/h4-9,14-15,18,21-22H,10-13H2,1-3H3. The molecule has 1 heterocycles. The minimum atomic E-state index is 0.124. The molecule has 1 aliphatic heterocycles. The Hall–Kier alpha value is -2.04. The maximum Gasteiger partial charge on any atom is 0.119 e. The summed E-state index contributed by atoms with van der Waals surface area (Å²) >= 11 is 0. The van der Waals surface area contributed by atoms with Crippen LogP contribution in [0.4, 0.5) is 0 Å². The number of methoxy groups -OCH3 is 2. The Morgan fingerprint density at radius 3 is 1.92 bits per heavy atom. The molecule has 0 bridgehead atoms. The van der Waals surface area contributed by atoms with Crippen molar-refractivity contribution >= 4 is 0 Å². The molecule has 0 radical (unpaired) electrons. The van der Waals surface area contributed by atoms with Crippen LogP contribution in [0.1, 0.15) is 30.0 Å². The number of nitrogens with zero attached hydrogens (tertiary/aromatic N) is 1. The number of piperidine rings is 1. The third-order valence-corrected chi connectivity index (χ3v) is 4.98. The van der Waals surface area contributed by atoms with Crippen molar-refractivity contribution in [2.45, 2.75) is 24.9 Å². The van der Waals surface area contributed by atoms with Crippen LogP contribution in [-0.4, -0.2) is 45.3 Å². The monoisotopic (exact) mass is 340 g/mol. The summed E-state index contributed by atoms with van der Waals surface area (Å²) in [6, 6.07) is 17.3. The lowest BCUT2D eigenvalue weighted by Gasteiger charge is -2.33. The highest BCUT2D eigenvalue weighted by Gasteiger charge is 2.22. The summed E-state index contributed by atoms with van der Waals surface area (Å²) in [4.78, 5) is 2.39. The molecular weight excluding hydrogens is 312 g/mol. The first kappa shape index (κ1) is 17.8. The van der Waals surface area contributed by atoms with E-state index >= 15 is 0 Å². The highest BCUT2D eigenvalue weighted by Crippen LogP contribution is 2.29. The van der Waals surface area contributed by atoms with Crippen LogP contribution in [0.25, 0.3) is 0 Å². The van der Waals surface area contributed by atoms with Gasteiger partial charge in [-0.3, -0.25) is 0 Å². The average molecular weight is 340 g/mol. The topological polar surface area (TPSA) is 33.7 Å². The molecule has 134 valence electrons. The molecule has 0 spiro atoms. The van der Waals surface area contributed by atoms with Crippen LogP contribution in [0.2, 0.25) is 0 Å². The molecule has 2 aromatic rings. The Bertz CT molecular complexity index is 634. The summed E-state index contributed by atoms with van der Waals surface area (Å²) < 4.78 is 10.9. The minimum absolute atomic E-state index is 0.124. The zero-order chi connectivity index (χ0) is 17.6. The Labute approximate surface area is 150 Å². The Morgan fingerprint density at radius 1 is 0.920 bits per heavy atom. The van der Waals surface area contributed by atoms with Crippen molar-refractivity contribution in [3.8, 4) is 11.5 Å². The number of nitrogens with one attached hydrogen (secondary N) is 1. The normalized spacial score (nSPS) is 16.2.